The summed E-state index contributed by atoms with van der Waals surface area (Å²) in [6.07, 6.45) is 2.82. The standard InChI is InChI=1S/C59H90N12O10/c1-34(2)29-44-56(78)69(13)48(33-72)58(80)71-45(25-20-27-62-71)57(79)68(12)47(31-41-32-61-43-24-19-18-23-42(41)43)53(75)65-50(35(3)4)59(81)66(10)39(9)52(74)60-28-26-49(73)70(14)51(36(5)6)54(76)64-38(8)55(77)67(11)46(37(7)63-44)30-40-21-16-15-17-22-40/h15-19,21-24,32,34-39,44-48,50-51,61-63,72H,20,25-31,33H2,1-14H3,(H,60,74)(H,64,76)(H,65,75). The number of benzene rings is 2. The molecule has 3 aromatic rings. The maximum atomic E-state index is 15.1. The SMILES string of the molecule is CC(C)CC1NC(C)C(Cc2ccccc2)N(C)C(=O)C(C)NC(=O)C(C(C)C)N(C)C(=O)CCNC(=O)C(C)N(C)C(=O)C(C(C)C)NC(=O)C(Cc2c[nH]c3ccccc23)N(C)C(=O)C2CCCNN2C(=O)C(CO)N(C)C1=O. The van der Waals surface area contributed by atoms with Crippen LogP contribution in [0, 0.1) is 17.8 Å². The lowest BCUT2D eigenvalue weighted by Crippen LogP contribution is -2.66. The van der Waals surface area contributed by atoms with E-state index in [1.54, 1.807) is 52.8 Å². The van der Waals surface area contributed by atoms with E-state index in [2.05, 4.69) is 31.7 Å². The Morgan fingerprint density at radius 3 is 1.90 bits per heavy atom. The summed E-state index contributed by atoms with van der Waals surface area (Å²) in [5.74, 6) is -6.13. The van der Waals surface area contributed by atoms with Crippen molar-refractivity contribution >= 4 is 64.1 Å². The van der Waals surface area contributed by atoms with Gasteiger partial charge in [-0.15, -0.1) is 0 Å². The van der Waals surface area contributed by atoms with E-state index in [0.29, 0.717) is 24.8 Å². The van der Waals surface area contributed by atoms with Crippen LogP contribution in [0.3, 0.4) is 0 Å². The zero-order chi connectivity index (χ0) is 60.2. The monoisotopic (exact) mass is 1130 g/mol. The Kier molecular flexibility index (Phi) is 23.4. The highest BCUT2D eigenvalue weighted by molar-refractivity contribution is 5.98. The average Bonchev–Trinajstić information content (AvgIpc) is 3.92. The van der Waals surface area contributed by atoms with Crippen molar-refractivity contribution in [3.8, 4) is 0 Å². The highest BCUT2D eigenvalue weighted by Crippen LogP contribution is 2.25. The molecule has 0 bridgehead atoms. The second kappa shape index (κ2) is 29.2. The van der Waals surface area contributed by atoms with Crippen molar-refractivity contribution in [2.45, 2.75) is 161 Å². The van der Waals surface area contributed by atoms with E-state index < -0.39 is 132 Å². The maximum absolute atomic E-state index is 15.1. The Morgan fingerprint density at radius 1 is 0.630 bits per heavy atom. The fourth-order valence-corrected chi connectivity index (χ4v) is 10.9. The molecule has 2 fully saturated rings. The minimum atomic E-state index is -1.47. The molecule has 0 aliphatic carbocycles. The highest BCUT2D eigenvalue weighted by Gasteiger charge is 2.44. The molecule has 5 rings (SSSR count). The smallest absolute Gasteiger partial charge is 0.262 e. The molecule has 1 aromatic heterocycles. The van der Waals surface area contributed by atoms with Crippen LogP contribution in [0.4, 0.5) is 0 Å². The van der Waals surface area contributed by atoms with Crippen molar-refractivity contribution < 1.29 is 48.3 Å². The first-order chi connectivity index (χ1) is 38.2. The van der Waals surface area contributed by atoms with Gasteiger partial charge in [0.1, 0.15) is 42.3 Å². The highest BCUT2D eigenvalue weighted by atomic mass is 16.3. The molecule has 9 amide bonds. The molecule has 446 valence electrons. The number of nitrogens with zero attached hydrogens (tertiary/aromatic N) is 6. The molecule has 0 saturated carbocycles. The van der Waals surface area contributed by atoms with Crippen LogP contribution < -0.4 is 26.7 Å². The van der Waals surface area contributed by atoms with Crippen molar-refractivity contribution in [3.05, 3.63) is 71.9 Å². The Morgan fingerprint density at radius 2 is 1.27 bits per heavy atom. The molecule has 2 saturated heterocycles. The summed E-state index contributed by atoms with van der Waals surface area (Å²) in [5.41, 5.74) is 5.45. The van der Waals surface area contributed by atoms with E-state index >= 15 is 4.79 Å². The Hall–Kier alpha value is -6.91. The van der Waals surface area contributed by atoms with Gasteiger partial charge in [-0.2, -0.15) is 0 Å². The first-order valence-corrected chi connectivity index (χ1v) is 28.4. The largest absolute Gasteiger partial charge is 0.394 e. The number of aromatic amines is 1. The first kappa shape index (κ1) is 64.9. The summed E-state index contributed by atoms with van der Waals surface area (Å²) in [4.78, 5) is 140. The molecule has 10 atom stereocenters. The fraction of sp³-hybridized carbons (Fsp3) is 0.610. The number of fused-ring (bicyclic) bond motifs is 2. The number of carbonyl (C=O) groups is 9. The summed E-state index contributed by atoms with van der Waals surface area (Å²) < 4.78 is 0. The third kappa shape index (κ3) is 16.0. The van der Waals surface area contributed by atoms with Gasteiger partial charge in [0.05, 0.1) is 18.7 Å². The summed E-state index contributed by atoms with van der Waals surface area (Å²) in [5, 5.41) is 25.0. The number of amides is 9. The van der Waals surface area contributed by atoms with E-state index in [-0.39, 0.29) is 38.3 Å². The Balaban J connectivity index is 1.58. The topological polar surface area (TPSA) is 269 Å². The van der Waals surface area contributed by atoms with Gasteiger partial charge in [-0.25, -0.2) is 5.43 Å². The third-order valence-corrected chi connectivity index (χ3v) is 16.0. The molecule has 2 aromatic carbocycles. The van der Waals surface area contributed by atoms with Crippen LogP contribution in [0.25, 0.3) is 10.9 Å². The van der Waals surface area contributed by atoms with Crippen molar-refractivity contribution in [1.29, 1.82) is 0 Å². The molecule has 3 heterocycles. The van der Waals surface area contributed by atoms with E-state index in [1.807, 2.05) is 75.4 Å². The zero-order valence-corrected chi connectivity index (χ0v) is 49.9. The Bertz CT molecular complexity index is 2680. The van der Waals surface area contributed by atoms with Crippen molar-refractivity contribution in [2.75, 3.05) is 54.9 Å². The first-order valence-electron chi connectivity index (χ1n) is 28.4. The normalized spacial score (nSPS) is 27.0. The minimum Gasteiger partial charge on any atom is -0.394 e. The number of aromatic nitrogens is 1. The molecule has 0 radical (unpaired) electrons. The number of nitrogens with one attached hydrogen (secondary N) is 6. The maximum Gasteiger partial charge on any atom is 0.262 e. The van der Waals surface area contributed by atoms with Crippen molar-refractivity contribution in [2.24, 2.45) is 17.8 Å². The van der Waals surface area contributed by atoms with Gasteiger partial charge in [-0.3, -0.25) is 48.2 Å². The average molecular weight is 1130 g/mol. The summed E-state index contributed by atoms with van der Waals surface area (Å²) in [6.45, 7) is 15.2. The van der Waals surface area contributed by atoms with Crippen LogP contribution in [0.5, 0.6) is 0 Å². The van der Waals surface area contributed by atoms with Gasteiger partial charge in [-0.05, 0) is 81.4 Å². The van der Waals surface area contributed by atoms with E-state index in [9.17, 15) is 43.5 Å². The number of carbonyl (C=O) groups excluding carboxylic acids is 9. The minimum absolute atomic E-state index is 0.00924. The molecular weight excluding hydrogens is 1040 g/mol. The van der Waals surface area contributed by atoms with Crippen molar-refractivity contribution in [1.82, 2.24) is 61.2 Å². The number of likely N-dealkylation sites (N-methyl/N-ethyl adjacent to an activating group) is 5. The molecule has 7 N–H and O–H groups in total. The zero-order valence-electron chi connectivity index (χ0n) is 49.9. The lowest BCUT2D eigenvalue weighted by atomic mass is 9.95. The molecule has 81 heavy (non-hydrogen) atoms. The van der Waals surface area contributed by atoms with Gasteiger partial charge in [0.2, 0.25) is 47.3 Å². The van der Waals surface area contributed by atoms with E-state index in [0.717, 1.165) is 21.5 Å². The van der Waals surface area contributed by atoms with E-state index in [4.69, 9.17) is 0 Å². The molecule has 22 nitrogen and oxygen atoms in total. The number of H-pyrrole nitrogens is 1. The van der Waals surface area contributed by atoms with Crippen LogP contribution in [-0.2, 0) is 56.0 Å². The lowest BCUT2D eigenvalue weighted by Gasteiger charge is -2.42. The second-order valence-corrected chi connectivity index (χ2v) is 23.1. The van der Waals surface area contributed by atoms with Gasteiger partial charge < -0.3 is 55.9 Å². The number of aliphatic hydroxyl groups excluding tert-OH is 1. The molecule has 10 unspecified atom stereocenters. The molecule has 22 heteroatoms. The van der Waals surface area contributed by atoms with Crippen LogP contribution in [0.1, 0.15) is 99.1 Å². The number of hydrogen-bond acceptors (Lipinski definition) is 12. The molecule has 0 spiro atoms. The summed E-state index contributed by atoms with van der Waals surface area (Å²) in [7, 11) is 7.44. The van der Waals surface area contributed by atoms with Gasteiger partial charge in [0, 0.05) is 84.3 Å². The molecule has 2 aliphatic heterocycles. The summed E-state index contributed by atoms with van der Waals surface area (Å²) >= 11 is 0. The van der Waals surface area contributed by atoms with Crippen LogP contribution >= 0.6 is 0 Å². The third-order valence-electron chi connectivity index (χ3n) is 16.0. The van der Waals surface area contributed by atoms with Gasteiger partial charge in [0.15, 0.2) is 0 Å². The van der Waals surface area contributed by atoms with Gasteiger partial charge >= 0.3 is 0 Å². The number of rotatable bonds is 9. The number of hydrazine groups is 1. The molecular formula is C59H90N12O10. The molecule has 2 aliphatic rings. The van der Waals surface area contributed by atoms with Crippen LogP contribution in [-0.4, -0.2) is 208 Å². The second-order valence-electron chi connectivity index (χ2n) is 23.1. The number of aliphatic hydroxyl groups is 1. The van der Waals surface area contributed by atoms with Crippen molar-refractivity contribution in [3.63, 3.8) is 0 Å². The van der Waals surface area contributed by atoms with Gasteiger partial charge in [-0.1, -0.05) is 90.1 Å². The Labute approximate surface area is 477 Å². The van der Waals surface area contributed by atoms with E-state index in [1.165, 1.54) is 54.7 Å². The predicted molar refractivity (Wildman–Crippen MR) is 308 cm³/mol. The van der Waals surface area contributed by atoms with Gasteiger partial charge in [0.25, 0.3) is 5.91 Å². The number of para-hydroxylation sites is 1. The quantitative estimate of drug-likeness (QED) is 0.162. The fourth-order valence-electron chi connectivity index (χ4n) is 10.9. The van der Waals surface area contributed by atoms with Crippen LogP contribution in [0.15, 0.2) is 60.8 Å². The van der Waals surface area contributed by atoms with Crippen LogP contribution in [0.2, 0.25) is 0 Å². The predicted octanol–water partition coefficient (Wildman–Crippen LogP) is 1.81. The lowest BCUT2D eigenvalue weighted by molar-refractivity contribution is -0.159. The number of hydrogen-bond donors (Lipinski definition) is 7. The summed E-state index contributed by atoms with van der Waals surface area (Å²) in [6, 6.07) is 6.63.